The topological polar surface area (TPSA) is 40.5 Å². The second-order valence-corrected chi connectivity index (χ2v) is 7.44. The smallest absolute Gasteiger partial charge is 0.224 e. The molecule has 1 atom stereocenters. The average molecular weight is 375 g/mol. The zero-order chi connectivity index (χ0) is 18.5. The van der Waals surface area contributed by atoms with Crippen molar-refractivity contribution >= 4 is 17.5 Å². The zero-order valence-electron chi connectivity index (χ0n) is 15.5. The largest absolute Gasteiger partial charge is 0.354 e. The number of hydrogen-bond donors (Lipinski definition) is 1. The van der Waals surface area contributed by atoms with Crippen molar-refractivity contribution < 1.29 is 4.79 Å². The third-order valence-electron chi connectivity index (χ3n) is 5.07. The summed E-state index contributed by atoms with van der Waals surface area (Å²) < 4.78 is 2.15. The Kier molecular flexibility index (Phi) is 6.35. The summed E-state index contributed by atoms with van der Waals surface area (Å²) in [5, 5.41) is 3.82. The molecule has 0 radical (unpaired) electrons. The summed E-state index contributed by atoms with van der Waals surface area (Å²) in [7, 11) is 4.22. The first-order chi connectivity index (χ1) is 12.5. The minimum Gasteiger partial charge on any atom is -0.354 e. The molecule has 6 heteroatoms. The fraction of sp³-hybridized carbons (Fsp3) is 0.450. The van der Waals surface area contributed by atoms with E-state index in [1.54, 1.807) is 0 Å². The summed E-state index contributed by atoms with van der Waals surface area (Å²) in [5.41, 5.74) is 2.21. The van der Waals surface area contributed by atoms with Crippen LogP contribution in [0.25, 0.3) is 0 Å². The van der Waals surface area contributed by atoms with Gasteiger partial charge in [-0.3, -0.25) is 9.69 Å². The maximum Gasteiger partial charge on any atom is 0.224 e. The Morgan fingerprint density at radius 3 is 2.42 bits per heavy atom. The first-order valence-corrected chi connectivity index (χ1v) is 9.45. The Morgan fingerprint density at radius 2 is 1.81 bits per heavy atom. The number of aryl methyl sites for hydroxylation is 1. The molecule has 1 amide bonds. The van der Waals surface area contributed by atoms with Gasteiger partial charge in [0.25, 0.3) is 0 Å². The number of nitrogens with one attached hydrogen (secondary N) is 1. The van der Waals surface area contributed by atoms with Gasteiger partial charge in [0.05, 0.1) is 12.5 Å². The molecule has 0 aliphatic carbocycles. The zero-order valence-corrected chi connectivity index (χ0v) is 16.2. The van der Waals surface area contributed by atoms with Crippen molar-refractivity contribution in [2.45, 2.75) is 12.5 Å². The van der Waals surface area contributed by atoms with Crippen LogP contribution in [-0.4, -0.2) is 60.0 Å². The Hall–Kier alpha value is -1.82. The van der Waals surface area contributed by atoms with Gasteiger partial charge < -0.3 is 14.8 Å². The highest BCUT2D eigenvalue weighted by molar-refractivity contribution is 6.30. The van der Waals surface area contributed by atoms with Crippen molar-refractivity contribution in [3.63, 3.8) is 0 Å². The first-order valence-electron chi connectivity index (χ1n) is 9.08. The standard InChI is InChI=1S/C20H27ClN4O/c1-23-10-12-25(13-11-23)19(18-4-3-9-24(18)2)15-22-20(26)14-16-5-7-17(21)8-6-16/h3-9,19H,10-15H2,1-2H3,(H,22,26). The van der Waals surface area contributed by atoms with Crippen molar-refractivity contribution in [1.29, 1.82) is 0 Å². The van der Waals surface area contributed by atoms with Crippen molar-refractivity contribution in [3.8, 4) is 0 Å². The summed E-state index contributed by atoms with van der Waals surface area (Å²) in [5.74, 6) is 0.0423. The molecular weight excluding hydrogens is 348 g/mol. The molecule has 2 heterocycles. The lowest BCUT2D eigenvalue weighted by Crippen LogP contribution is -2.49. The second kappa shape index (κ2) is 8.71. The number of nitrogens with zero attached hydrogens (tertiary/aromatic N) is 3. The van der Waals surface area contributed by atoms with Crippen molar-refractivity contribution in [2.75, 3.05) is 39.8 Å². The number of aromatic nitrogens is 1. The van der Waals surface area contributed by atoms with E-state index < -0.39 is 0 Å². The van der Waals surface area contributed by atoms with E-state index in [1.807, 2.05) is 24.3 Å². The highest BCUT2D eigenvalue weighted by Gasteiger charge is 2.25. The van der Waals surface area contributed by atoms with Crippen molar-refractivity contribution in [2.24, 2.45) is 7.05 Å². The van der Waals surface area contributed by atoms with Crippen LogP contribution in [0, 0.1) is 0 Å². The van der Waals surface area contributed by atoms with Crippen LogP contribution in [0.5, 0.6) is 0 Å². The van der Waals surface area contributed by atoms with E-state index in [9.17, 15) is 4.79 Å². The van der Waals surface area contributed by atoms with Gasteiger partial charge in [0.2, 0.25) is 5.91 Å². The average Bonchev–Trinajstić information content (AvgIpc) is 3.04. The van der Waals surface area contributed by atoms with Gasteiger partial charge in [-0.1, -0.05) is 23.7 Å². The number of carbonyl (C=O) groups is 1. The molecule has 3 rings (SSSR count). The quantitative estimate of drug-likeness (QED) is 0.843. The molecule has 1 aromatic heterocycles. The monoisotopic (exact) mass is 374 g/mol. The molecule has 1 unspecified atom stereocenters. The number of rotatable bonds is 6. The summed E-state index contributed by atoms with van der Waals surface area (Å²) in [6.07, 6.45) is 2.44. The van der Waals surface area contributed by atoms with Crippen LogP contribution in [-0.2, 0) is 18.3 Å². The molecule has 1 saturated heterocycles. The number of halogens is 1. The highest BCUT2D eigenvalue weighted by atomic mass is 35.5. The lowest BCUT2D eigenvalue weighted by molar-refractivity contribution is -0.120. The fourth-order valence-corrected chi connectivity index (χ4v) is 3.56. The first kappa shape index (κ1) is 19.0. The normalized spacial score (nSPS) is 17.2. The summed E-state index contributed by atoms with van der Waals surface area (Å²) in [6, 6.07) is 11.8. The predicted octanol–water partition coefficient (Wildman–Crippen LogP) is 2.33. The Morgan fingerprint density at radius 1 is 1.12 bits per heavy atom. The van der Waals surface area contributed by atoms with E-state index in [1.165, 1.54) is 5.69 Å². The summed E-state index contributed by atoms with van der Waals surface area (Å²) >= 11 is 5.91. The van der Waals surface area contributed by atoms with E-state index in [2.05, 4.69) is 52.1 Å². The van der Waals surface area contributed by atoms with E-state index in [0.717, 1.165) is 31.7 Å². The molecule has 140 valence electrons. The second-order valence-electron chi connectivity index (χ2n) is 7.01. The molecule has 2 aromatic rings. The van der Waals surface area contributed by atoms with Gasteiger partial charge in [0.1, 0.15) is 0 Å². The predicted molar refractivity (Wildman–Crippen MR) is 105 cm³/mol. The summed E-state index contributed by atoms with van der Waals surface area (Å²) in [4.78, 5) is 17.2. The van der Waals surface area contributed by atoms with Crippen LogP contribution < -0.4 is 5.32 Å². The van der Waals surface area contributed by atoms with Crippen LogP contribution in [0.4, 0.5) is 0 Å². The molecule has 1 fully saturated rings. The minimum absolute atomic E-state index is 0.0423. The molecule has 1 aliphatic heterocycles. The van der Waals surface area contributed by atoms with Gasteiger partial charge in [-0.2, -0.15) is 0 Å². The SMILES string of the molecule is CN1CCN(C(CNC(=O)Cc2ccc(Cl)cc2)c2cccn2C)CC1. The Labute approximate surface area is 160 Å². The Balaban J connectivity index is 1.63. The number of piperazine rings is 1. The van der Waals surface area contributed by atoms with Gasteiger partial charge in [-0.15, -0.1) is 0 Å². The lowest BCUT2D eigenvalue weighted by atomic mass is 10.1. The van der Waals surface area contributed by atoms with E-state index in [-0.39, 0.29) is 11.9 Å². The molecule has 0 saturated carbocycles. The van der Waals surface area contributed by atoms with E-state index in [0.29, 0.717) is 18.0 Å². The maximum absolute atomic E-state index is 12.4. The van der Waals surface area contributed by atoms with Gasteiger partial charge in [-0.25, -0.2) is 0 Å². The van der Waals surface area contributed by atoms with Crippen LogP contribution in [0.3, 0.4) is 0 Å². The van der Waals surface area contributed by atoms with Gasteiger partial charge >= 0.3 is 0 Å². The fourth-order valence-electron chi connectivity index (χ4n) is 3.44. The van der Waals surface area contributed by atoms with Crippen LogP contribution >= 0.6 is 11.6 Å². The van der Waals surface area contributed by atoms with Crippen LogP contribution in [0.15, 0.2) is 42.6 Å². The molecule has 1 N–H and O–H groups in total. The number of carbonyl (C=O) groups excluding carboxylic acids is 1. The summed E-state index contributed by atoms with van der Waals surface area (Å²) in [6.45, 7) is 4.76. The third kappa shape index (κ3) is 4.87. The molecule has 5 nitrogen and oxygen atoms in total. The molecule has 0 bridgehead atoms. The van der Waals surface area contributed by atoms with Crippen molar-refractivity contribution in [1.82, 2.24) is 19.7 Å². The number of amides is 1. The van der Waals surface area contributed by atoms with Crippen molar-refractivity contribution in [3.05, 3.63) is 58.9 Å². The third-order valence-corrected chi connectivity index (χ3v) is 5.33. The van der Waals surface area contributed by atoms with E-state index in [4.69, 9.17) is 11.6 Å². The Bertz CT molecular complexity index is 720. The van der Waals surface area contributed by atoms with Gasteiger partial charge in [0.15, 0.2) is 0 Å². The number of hydrogen-bond acceptors (Lipinski definition) is 3. The molecule has 1 aliphatic rings. The van der Waals surface area contributed by atoms with Crippen LogP contribution in [0.1, 0.15) is 17.3 Å². The van der Waals surface area contributed by atoms with Gasteiger partial charge in [-0.05, 0) is 36.9 Å². The molecular formula is C20H27ClN4O. The molecule has 0 spiro atoms. The number of likely N-dealkylation sites (N-methyl/N-ethyl adjacent to an activating group) is 1. The maximum atomic E-state index is 12.4. The van der Waals surface area contributed by atoms with Gasteiger partial charge in [0, 0.05) is 56.7 Å². The van der Waals surface area contributed by atoms with E-state index >= 15 is 0 Å². The number of benzene rings is 1. The highest BCUT2D eigenvalue weighted by Crippen LogP contribution is 2.21. The lowest BCUT2D eigenvalue weighted by Gasteiger charge is -2.38. The molecule has 26 heavy (non-hydrogen) atoms. The van der Waals surface area contributed by atoms with Crippen LogP contribution in [0.2, 0.25) is 5.02 Å². The minimum atomic E-state index is 0.0423. The molecule has 1 aromatic carbocycles.